The van der Waals surface area contributed by atoms with Crippen LogP contribution >= 0.6 is 0 Å². The van der Waals surface area contributed by atoms with Gasteiger partial charge < -0.3 is 9.97 Å². The summed E-state index contributed by atoms with van der Waals surface area (Å²) in [6, 6.07) is 38.7. The Balaban J connectivity index is 0.000000211. The molecule has 0 aliphatic rings. The summed E-state index contributed by atoms with van der Waals surface area (Å²) < 4.78 is 0. The minimum Gasteiger partial charge on any atom is -0.305 e. The molecule has 185 valence electrons. The van der Waals surface area contributed by atoms with Crippen molar-refractivity contribution < 1.29 is 20.1 Å². The Kier molecular flexibility index (Phi) is 9.93. The maximum Gasteiger partial charge on any atom is 0.124 e. The Bertz CT molecular complexity index is 1670. The molecule has 0 saturated carbocycles. The van der Waals surface area contributed by atoms with Crippen LogP contribution in [0.2, 0.25) is 0 Å². The minimum atomic E-state index is -0.126. The summed E-state index contributed by atoms with van der Waals surface area (Å²) in [7, 11) is 0. The zero-order valence-electron chi connectivity index (χ0n) is 20.3. The molecule has 3 aromatic carbocycles. The van der Waals surface area contributed by atoms with Crippen LogP contribution < -0.4 is 0 Å². The molecule has 0 unspecified atom stereocenters. The van der Waals surface area contributed by atoms with Gasteiger partial charge in [0.1, 0.15) is 5.69 Å². The van der Waals surface area contributed by atoms with E-state index in [4.69, 9.17) is 17.1 Å². The van der Waals surface area contributed by atoms with E-state index in [-0.39, 0.29) is 48.0 Å². The Morgan fingerprint density at radius 1 is 0.692 bits per heavy atom. The largest absolute Gasteiger partial charge is 0.305 e. The fourth-order valence-corrected chi connectivity index (χ4v) is 3.64. The Labute approximate surface area is 240 Å². The third-order valence-corrected chi connectivity index (χ3v) is 5.45. The molecule has 7 heteroatoms. The van der Waals surface area contributed by atoms with Crippen molar-refractivity contribution in [2.45, 2.75) is 0 Å². The third-order valence-electron chi connectivity index (χ3n) is 5.45. The number of nitrogens with zero attached hydrogens (tertiary/aromatic N) is 6. The molecule has 0 saturated heterocycles. The molecule has 5 aromatic rings. The van der Waals surface area contributed by atoms with Crippen LogP contribution in [0.5, 0.6) is 0 Å². The van der Waals surface area contributed by atoms with Crippen molar-refractivity contribution in [1.82, 2.24) is 9.97 Å². The van der Waals surface area contributed by atoms with Gasteiger partial charge in [-0.05, 0) is 45.3 Å². The maximum absolute atomic E-state index is 9.24. The molecule has 6 nitrogen and oxygen atoms in total. The molecular formula is C32H16IrN6-2. The molecule has 0 atom stereocenters. The van der Waals surface area contributed by atoms with Crippen LogP contribution in [0.15, 0.2) is 97.3 Å². The topological polar surface area (TPSA) is 102 Å². The monoisotopic (exact) mass is 677 g/mol. The zero-order chi connectivity index (χ0) is 26.7. The summed E-state index contributed by atoms with van der Waals surface area (Å²) in [5, 5.41) is 27.5. The van der Waals surface area contributed by atoms with Crippen LogP contribution in [-0.2, 0) is 20.1 Å². The van der Waals surface area contributed by atoms with Gasteiger partial charge in [0.15, 0.2) is 0 Å². The predicted molar refractivity (Wildman–Crippen MR) is 143 cm³/mol. The third kappa shape index (κ3) is 6.47. The molecule has 0 N–H and O–H groups in total. The minimum absolute atomic E-state index is 0. The van der Waals surface area contributed by atoms with Crippen LogP contribution in [0.25, 0.3) is 38.5 Å². The molecule has 2 heterocycles. The Morgan fingerprint density at radius 2 is 1.41 bits per heavy atom. The first kappa shape index (κ1) is 28.1. The van der Waals surface area contributed by atoms with Gasteiger partial charge in [-0.1, -0.05) is 54.6 Å². The fourth-order valence-electron chi connectivity index (χ4n) is 3.64. The van der Waals surface area contributed by atoms with Crippen molar-refractivity contribution in [2.24, 2.45) is 0 Å². The Morgan fingerprint density at radius 3 is 1.97 bits per heavy atom. The van der Waals surface area contributed by atoms with E-state index >= 15 is 0 Å². The van der Waals surface area contributed by atoms with E-state index in [0.29, 0.717) is 5.69 Å². The summed E-state index contributed by atoms with van der Waals surface area (Å²) in [4.78, 5) is 11.8. The van der Waals surface area contributed by atoms with Gasteiger partial charge in [-0.3, -0.25) is 4.85 Å². The average Bonchev–Trinajstić information content (AvgIpc) is 3.01. The number of benzene rings is 3. The molecule has 0 fully saturated rings. The first-order valence-corrected chi connectivity index (χ1v) is 11.3. The predicted octanol–water partition coefficient (Wildman–Crippen LogP) is 6.93. The SMILES string of the molecule is [C-]#[N+]c1[c-]c(-c2ccccn2)c(C#N)c(C#N)c1C#N.[Ir].[c-]1ccccc1-c1ccc(-c2ccccc2)cn1. The second-order valence-corrected chi connectivity index (χ2v) is 7.71. The van der Waals surface area contributed by atoms with Crippen LogP contribution in [-0.4, -0.2) is 9.97 Å². The van der Waals surface area contributed by atoms with Crippen LogP contribution in [0.3, 0.4) is 0 Å². The maximum atomic E-state index is 9.24. The quantitative estimate of drug-likeness (QED) is 0.193. The van der Waals surface area contributed by atoms with E-state index in [2.05, 4.69) is 45.1 Å². The second kappa shape index (κ2) is 13.8. The van der Waals surface area contributed by atoms with Gasteiger partial charge in [0.25, 0.3) is 0 Å². The fraction of sp³-hybridized carbons (Fsp3) is 0. The summed E-state index contributed by atoms with van der Waals surface area (Å²) in [6.07, 6.45) is 3.44. The van der Waals surface area contributed by atoms with Crippen molar-refractivity contribution in [3.8, 4) is 51.8 Å². The van der Waals surface area contributed by atoms with E-state index in [1.165, 1.54) is 11.8 Å². The van der Waals surface area contributed by atoms with Crippen molar-refractivity contribution in [3.05, 3.63) is 138 Å². The summed E-state index contributed by atoms with van der Waals surface area (Å²) >= 11 is 0. The van der Waals surface area contributed by atoms with Gasteiger partial charge in [0, 0.05) is 44.6 Å². The number of pyridine rings is 2. The molecule has 0 aliphatic heterocycles. The molecule has 39 heavy (non-hydrogen) atoms. The molecule has 1 radical (unpaired) electrons. The van der Waals surface area contributed by atoms with Gasteiger partial charge in [-0.2, -0.15) is 5.26 Å². The number of hydrogen-bond donors (Lipinski definition) is 0. The van der Waals surface area contributed by atoms with E-state index in [9.17, 15) is 5.26 Å². The smallest absolute Gasteiger partial charge is 0.124 e. The first-order chi connectivity index (χ1) is 18.7. The number of nitriles is 3. The van der Waals surface area contributed by atoms with Gasteiger partial charge >= 0.3 is 0 Å². The van der Waals surface area contributed by atoms with E-state index in [1.807, 2.05) is 66.9 Å². The van der Waals surface area contributed by atoms with Crippen molar-refractivity contribution in [1.29, 1.82) is 15.8 Å². The molecule has 0 bridgehead atoms. The normalized spacial score (nSPS) is 9.23. The van der Waals surface area contributed by atoms with E-state index in [1.54, 1.807) is 24.3 Å². The van der Waals surface area contributed by atoms with Gasteiger partial charge in [0.2, 0.25) is 0 Å². The first-order valence-electron chi connectivity index (χ1n) is 11.3. The summed E-state index contributed by atoms with van der Waals surface area (Å²) in [5.41, 5.74) is 4.68. The molecule has 2 aromatic heterocycles. The van der Waals surface area contributed by atoms with Crippen LogP contribution in [0.4, 0.5) is 5.69 Å². The summed E-state index contributed by atoms with van der Waals surface area (Å²) in [5.74, 6) is 0. The van der Waals surface area contributed by atoms with Crippen molar-refractivity contribution in [3.63, 3.8) is 0 Å². The molecule has 0 amide bonds. The van der Waals surface area contributed by atoms with Crippen molar-refractivity contribution >= 4 is 5.69 Å². The van der Waals surface area contributed by atoms with Gasteiger partial charge in [-0.15, -0.1) is 47.5 Å². The molecular weight excluding hydrogens is 661 g/mol. The zero-order valence-corrected chi connectivity index (χ0v) is 22.6. The average molecular weight is 677 g/mol. The van der Waals surface area contributed by atoms with E-state index < -0.39 is 0 Å². The second-order valence-electron chi connectivity index (χ2n) is 7.71. The standard InChI is InChI=1S/C17H12N.C15H4N5.Ir/c1-3-7-14(8-4-1)16-11-12-17(18-13-16)15-9-5-2-6-10-15;1-19-15-6-10(14-4-2-3-5-20-14)11(7-16)12(8-17)13(15)9-18;/h1-9,11-13H;2-5H;/q2*-1;. The molecule has 0 aliphatic carbocycles. The number of rotatable bonds is 3. The Hall–Kier alpha value is -5.43. The molecule has 0 spiro atoms. The van der Waals surface area contributed by atoms with Crippen molar-refractivity contribution in [2.75, 3.05) is 0 Å². The van der Waals surface area contributed by atoms with E-state index in [0.717, 1.165) is 16.8 Å². The number of aromatic nitrogens is 2. The van der Waals surface area contributed by atoms with Gasteiger partial charge in [0.05, 0.1) is 12.6 Å². The van der Waals surface area contributed by atoms with Crippen LogP contribution in [0, 0.1) is 52.7 Å². The summed E-state index contributed by atoms with van der Waals surface area (Å²) in [6.45, 7) is 7.08. The van der Waals surface area contributed by atoms with Crippen LogP contribution in [0.1, 0.15) is 16.7 Å². The molecule has 5 rings (SSSR count). The number of hydrogen-bond acceptors (Lipinski definition) is 5. The van der Waals surface area contributed by atoms with Gasteiger partial charge in [-0.25, -0.2) is 10.5 Å².